The van der Waals surface area contributed by atoms with Crippen molar-refractivity contribution in [1.82, 2.24) is 10.2 Å². The fourth-order valence-electron chi connectivity index (χ4n) is 3.25. The molecule has 0 saturated carbocycles. The Balaban J connectivity index is 0.00000364. The Hall–Kier alpha value is -1.35. The van der Waals surface area contributed by atoms with Gasteiger partial charge in [-0.1, -0.05) is 26.0 Å². The number of hydrogen-bond donors (Lipinski definition) is 2. The molecule has 6 nitrogen and oxygen atoms in total. The summed E-state index contributed by atoms with van der Waals surface area (Å²) in [6, 6.07) is 7.95. The van der Waals surface area contributed by atoms with E-state index in [4.69, 9.17) is 4.74 Å². The highest BCUT2D eigenvalue weighted by Gasteiger charge is 2.24. The van der Waals surface area contributed by atoms with Gasteiger partial charge in [-0.2, -0.15) is 0 Å². The van der Waals surface area contributed by atoms with Crippen molar-refractivity contribution >= 4 is 41.5 Å². The van der Waals surface area contributed by atoms with Crippen LogP contribution < -0.4 is 10.6 Å². The topological polar surface area (TPSA) is 66.0 Å². The molecule has 1 aliphatic heterocycles. The third-order valence-electron chi connectivity index (χ3n) is 4.45. The number of amides is 1. The largest absolute Gasteiger partial charge is 0.384 e. The number of aliphatic imine (C=N–C) groups is 1. The molecule has 27 heavy (non-hydrogen) atoms. The Morgan fingerprint density at radius 2 is 2.19 bits per heavy atom. The minimum Gasteiger partial charge on any atom is -0.384 e. The van der Waals surface area contributed by atoms with Gasteiger partial charge in [0.1, 0.15) is 0 Å². The van der Waals surface area contributed by atoms with E-state index in [1.54, 1.807) is 7.11 Å². The van der Waals surface area contributed by atoms with E-state index in [-0.39, 0.29) is 29.9 Å². The first-order valence-corrected chi connectivity index (χ1v) is 9.35. The standard InChI is InChI=1S/C20H32N4O2.HI/c1-15(2)10-19(25)23-18-7-5-6-16(11-18)12-22-20(21-3)24-9-8-17(13-24)14-26-4;/h5-7,11,15,17H,8-10,12-14H2,1-4H3,(H,21,22)(H,23,25);1H. The number of halogens is 1. The van der Waals surface area contributed by atoms with Crippen LogP contribution in [0.25, 0.3) is 0 Å². The number of likely N-dealkylation sites (tertiary alicyclic amines) is 1. The smallest absolute Gasteiger partial charge is 0.224 e. The molecule has 1 heterocycles. The van der Waals surface area contributed by atoms with Gasteiger partial charge >= 0.3 is 0 Å². The van der Waals surface area contributed by atoms with Gasteiger partial charge in [0.25, 0.3) is 0 Å². The zero-order valence-corrected chi connectivity index (χ0v) is 19.2. The van der Waals surface area contributed by atoms with E-state index in [0.29, 0.717) is 24.8 Å². The highest BCUT2D eigenvalue weighted by molar-refractivity contribution is 14.0. The first-order chi connectivity index (χ1) is 12.5. The number of ether oxygens (including phenoxy) is 1. The monoisotopic (exact) mass is 488 g/mol. The number of methoxy groups -OCH3 is 1. The van der Waals surface area contributed by atoms with E-state index in [2.05, 4.69) is 26.6 Å². The van der Waals surface area contributed by atoms with Gasteiger partial charge in [0.05, 0.1) is 6.61 Å². The van der Waals surface area contributed by atoms with Gasteiger partial charge < -0.3 is 20.3 Å². The Bertz CT molecular complexity index is 622. The molecule has 1 atom stereocenters. The highest BCUT2D eigenvalue weighted by atomic mass is 127. The summed E-state index contributed by atoms with van der Waals surface area (Å²) < 4.78 is 5.26. The zero-order chi connectivity index (χ0) is 18.9. The number of benzene rings is 1. The van der Waals surface area contributed by atoms with Crippen LogP contribution in [0.3, 0.4) is 0 Å². The molecule has 0 spiro atoms. The minimum absolute atomic E-state index is 0. The molecule has 0 aliphatic carbocycles. The predicted molar refractivity (Wildman–Crippen MR) is 122 cm³/mol. The van der Waals surface area contributed by atoms with E-state index in [0.717, 1.165) is 43.3 Å². The normalized spacial score (nSPS) is 17.0. The van der Waals surface area contributed by atoms with Crippen LogP contribution in [-0.2, 0) is 16.1 Å². The molecule has 152 valence electrons. The van der Waals surface area contributed by atoms with Gasteiger partial charge in [0.15, 0.2) is 5.96 Å². The Morgan fingerprint density at radius 3 is 2.85 bits per heavy atom. The molecule has 1 aromatic rings. The van der Waals surface area contributed by atoms with Crippen LogP contribution in [0.4, 0.5) is 5.69 Å². The van der Waals surface area contributed by atoms with E-state index >= 15 is 0 Å². The lowest BCUT2D eigenvalue weighted by atomic mass is 10.1. The maximum absolute atomic E-state index is 11.9. The maximum atomic E-state index is 11.9. The highest BCUT2D eigenvalue weighted by Crippen LogP contribution is 2.17. The molecular weight excluding hydrogens is 455 g/mol. The third kappa shape index (κ3) is 8.04. The van der Waals surface area contributed by atoms with E-state index in [1.165, 1.54) is 0 Å². The summed E-state index contributed by atoms with van der Waals surface area (Å²) in [5, 5.41) is 6.39. The van der Waals surface area contributed by atoms with Crippen LogP contribution in [0.2, 0.25) is 0 Å². The number of carbonyl (C=O) groups is 1. The fraction of sp³-hybridized carbons (Fsp3) is 0.600. The summed E-state index contributed by atoms with van der Waals surface area (Å²) in [7, 11) is 3.57. The zero-order valence-electron chi connectivity index (χ0n) is 16.8. The van der Waals surface area contributed by atoms with Gasteiger partial charge in [-0.15, -0.1) is 24.0 Å². The SMILES string of the molecule is CN=C(NCc1cccc(NC(=O)CC(C)C)c1)N1CCC(COC)C1.I. The molecule has 1 aromatic carbocycles. The molecule has 1 amide bonds. The molecule has 1 aliphatic rings. The number of hydrogen-bond acceptors (Lipinski definition) is 3. The Labute approximate surface area is 180 Å². The number of carbonyl (C=O) groups excluding carboxylic acids is 1. The van der Waals surface area contributed by atoms with Crippen molar-refractivity contribution in [2.75, 3.05) is 39.2 Å². The van der Waals surface area contributed by atoms with Crippen LogP contribution in [-0.4, -0.2) is 50.6 Å². The third-order valence-corrected chi connectivity index (χ3v) is 4.45. The number of rotatable bonds is 7. The Morgan fingerprint density at radius 1 is 1.41 bits per heavy atom. The van der Waals surface area contributed by atoms with E-state index < -0.39 is 0 Å². The van der Waals surface area contributed by atoms with Crippen molar-refractivity contribution in [2.24, 2.45) is 16.8 Å². The first-order valence-electron chi connectivity index (χ1n) is 9.35. The summed E-state index contributed by atoms with van der Waals surface area (Å²) in [6.45, 7) is 7.53. The summed E-state index contributed by atoms with van der Waals surface area (Å²) >= 11 is 0. The number of anilines is 1. The number of guanidine groups is 1. The average Bonchev–Trinajstić information content (AvgIpc) is 3.04. The van der Waals surface area contributed by atoms with Crippen molar-refractivity contribution in [3.05, 3.63) is 29.8 Å². The lowest BCUT2D eigenvalue weighted by molar-refractivity contribution is -0.116. The second-order valence-corrected chi connectivity index (χ2v) is 7.30. The summed E-state index contributed by atoms with van der Waals surface area (Å²) in [5.74, 6) is 1.89. The van der Waals surface area contributed by atoms with Gasteiger partial charge in [0.2, 0.25) is 5.91 Å². The Kier molecular flexibility index (Phi) is 10.7. The van der Waals surface area contributed by atoms with Crippen molar-refractivity contribution < 1.29 is 9.53 Å². The molecule has 1 saturated heterocycles. The maximum Gasteiger partial charge on any atom is 0.224 e. The number of nitrogens with one attached hydrogen (secondary N) is 2. The lowest BCUT2D eigenvalue weighted by Gasteiger charge is -2.22. The molecule has 7 heteroatoms. The second kappa shape index (κ2) is 12.2. The number of nitrogens with zero attached hydrogens (tertiary/aromatic N) is 2. The van der Waals surface area contributed by atoms with Crippen LogP contribution in [0, 0.1) is 11.8 Å². The molecule has 2 rings (SSSR count). The van der Waals surface area contributed by atoms with E-state index in [9.17, 15) is 4.79 Å². The molecule has 0 aromatic heterocycles. The predicted octanol–water partition coefficient (Wildman–Crippen LogP) is 3.33. The fourth-order valence-corrected chi connectivity index (χ4v) is 3.25. The molecule has 0 bridgehead atoms. The van der Waals surface area contributed by atoms with Gasteiger partial charge in [-0.05, 0) is 30.0 Å². The summed E-state index contributed by atoms with van der Waals surface area (Å²) in [5.41, 5.74) is 1.95. The van der Waals surface area contributed by atoms with Crippen LogP contribution in [0.5, 0.6) is 0 Å². The molecule has 1 unspecified atom stereocenters. The molecule has 1 fully saturated rings. The molecule has 2 N–H and O–H groups in total. The van der Waals surface area contributed by atoms with Gasteiger partial charge in [0, 0.05) is 51.8 Å². The van der Waals surface area contributed by atoms with Crippen molar-refractivity contribution in [1.29, 1.82) is 0 Å². The summed E-state index contributed by atoms with van der Waals surface area (Å²) in [4.78, 5) is 18.6. The van der Waals surface area contributed by atoms with Crippen molar-refractivity contribution in [3.63, 3.8) is 0 Å². The average molecular weight is 488 g/mol. The van der Waals surface area contributed by atoms with Gasteiger partial charge in [-0.3, -0.25) is 9.79 Å². The van der Waals surface area contributed by atoms with E-state index in [1.807, 2.05) is 39.1 Å². The minimum atomic E-state index is 0. The summed E-state index contributed by atoms with van der Waals surface area (Å²) in [6.07, 6.45) is 1.67. The molecular formula is C20H33IN4O2. The van der Waals surface area contributed by atoms with Crippen LogP contribution in [0.15, 0.2) is 29.3 Å². The van der Waals surface area contributed by atoms with Crippen LogP contribution >= 0.6 is 24.0 Å². The van der Waals surface area contributed by atoms with Crippen LogP contribution in [0.1, 0.15) is 32.3 Å². The second-order valence-electron chi connectivity index (χ2n) is 7.30. The quantitative estimate of drug-likeness (QED) is 0.351. The van der Waals surface area contributed by atoms with Crippen molar-refractivity contribution in [3.8, 4) is 0 Å². The lowest BCUT2D eigenvalue weighted by Crippen LogP contribution is -2.39. The van der Waals surface area contributed by atoms with Gasteiger partial charge in [-0.25, -0.2) is 0 Å². The first kappa shape index (κ1) is 23.7. The van der Waals surface area contributed by atoms with Crippen molar-refractivity contribution in [2.45, 2.75) is 33.2 Å². The molecule has 0 radical (unpaired) electrons.